The van der Waals surface area contributed by atoms with Crippen molar-refractivity contribution in [3.8, 4) is 0 Å². The molecule has 5 heteroatoms. The summed E-state index contributed by atoms with van der Waals surface area (Å²) in [6.07, 6.45) is 0. The van der Waals surface area contributed by atoms with Crippen LogP contribution in [0.5, 0.6) is 0 Å². The van der Waals surface area contributed by atoms with Crippen molar-refractivity contribution in [2.75, 3.05) is 18.5 Å². The molecule has 0 saturated heterocycles. The first-order valence-corrected chi connectivity index (χ1v) is 5.71. The maximum absolute atomic E-state index is 5.97. The zero-order valence-electron chi connectivity index (χ0n) is 9.04. The highest BCUT2D eigenvalue weighted by atomic mass is 35.5. The highest BCUT2D eigenvalue weighted by Crippen LogP contribution is 2.27. The summed E-state index contributed by atoms with van der Waals surface area (Å²) in [7, 11) is 1.96. The molecule has 0 aliphatic rings. The molecular formula is C11H11Cl2N3. The van der Waals surface area contributed by atoms with Gasteiger partial charge in [-0.15, -0.1) is 0 Å². The van der Waals surface area contributed by atoms with Crippen LogP contribution in [0.25, 0.3) is 10.9 Å². The first kappa shape index (κ1) is 11.4. The Hall–Kier alpha value is -1.06. The normalized spacial score (nSPS) is 10.8. The topological polar surface area (TPSA) is 29.0 Å². The summed E-state index contributed by atoms with van der Waals surface area (Å²) in [5.41, 5.74) is 0.805. The molecule has 0 N–H and O–H groups in total. The quantitative estimate of drug-likeness (QED) is 0.771. The Labute approximate surface area is 104 Å². The average molecular weight is 256 g/mol. The van der Waals surface area contributed by atoms with Crippen molar-refractivity contribution in [3.63, 3.8) is 0 Å². The van der Waals surface area contributed by atoms with Crippen LogP contribution in [0.1, 0.15) is 6.92 Å². The Morgan fingerprint density at radius 2 is 2.00 bits per heavy atom. The minimum absolute atomic E-state index is 0.255. The fraction of sp³-hybridized carbons (Fsp3) is 0.273. The molecule has 1 aromatic heterocycles. The molecule has 0 saturated carbocycles. The van der Waals surface area contributed by atoms with Crippen molar-refractivity contribution < 1.29 is 0 Å². The molecule has 0 aliphatic heterocycles. The first-order chi connectivity index (χ1) is 7.61. The maximum Gasteiger partial charge on any atom is 0.224 e. The standard InChI is InChI=1S/C11H11Cl2N3/c1-3-16(2)10-8-6-7(12)4-5-9(8)14-11(13)15-10/h4-6H,3H2,1-2H3. The smallest absolute Gasteiger partial charge is 0.224 e. The molecule has 0 atom stereocenters. The van der Waals surface area contributed by atoms with E-state index >= 15 is 0 Å². The molecular weight excluding hydrogens is 245 g/mol. The van der Waals surface area contributed by atoms with Gasteiger partial charge in [-0.2, -0.15) is 4.98 Å². The van der Waals surface area contributed by atoms with E-state index in [2.05, 4.69) is 9.97 Å². The lowest BCUT2D eigenvalue weighted by Gasteiger charge is -2.17. The minimum Gasteiger partial charge on any atom is -0.359 e. The number of halogens is 2. The third kappa shape index (κ3) is 2.06. The van der Waals surface area contributed by atoms with Gasteiger partial charge >= 0.3 is 0 Å². The second-order valence-corrected chi connectivity index (χ2v) is 4.27. The fourth-order valence-corrected chi connectivity index (χ4v) is 1.84. The zero-order valence-corrected chi connectivity index (χ0v) is 10.5. The van der Waals surface area contributed by atoms with Gasteiger partial charge < -0.3 is 4.90 Å². The molecule has 0 fully saturated rings. The highest BCUT2D eigenvalue weighted by molar-refractivity contribution is 6.31. The molecule has 1 heterocycles. The fourth-order valence-electron chi connectivity index (χ4n) is 1.50. The van der Waals surface area contributed by atoms with Crippen molar-refractivity contribution in [2.45, 2.75) is 6.92 Å². The van der Waals surface area contributed by atoms with Crippen molar-refractivity contribution in [1.82, 2.24) is 9.97 Å². The number of nitrogens with zero attached hydrogens (tertiary/aromatic N) is 3. The Morgan fingerprint density at radius 3 is 2.69 bits per heavy atom. The number of hydrogen-bond donors (Lipinski definition) is 0. The third-order valence-electron chi connectivity index (χ3n) is 2.45. The molecule has 0 unspecified atom stereocenters. The Morgan fingerprint density at radius 1 is 1.25 bits per heavy atom. The van der Waals surface area contributed by atoms with Crippen LogP contribution in [-0.2, 0) is 0 Å². The van der Waals surface area contributed by atoms with Crippen LogP contribution in [0.3, 0.4) is 0 Å². The van der Waals surface area contributed by atoms with Crippen LogP contribution in [0, 0.1) is 0 Å². The van der Waals surface area contributed by atoms with E-state index in [1.807, 2.05) is 31.0 Å². The van der Waals surface area contributed by atoms with E-state index in [9.17, 15) is 0 Å². The van der Waals surface area contributed by atoms with Gasteiger partial charge in [-0.25, -0.2) is 4.98 Å². The van der Waals surface area contributed by atoms with Crippen molar-refractivity contribution in [3.05, 3.63) is 28.5 Å². The third-order valence-corrected chi connectivity index (χ3v) is 2.85. The lowest BCUT2D eigenvalue weighted by Crippen LogP contribution is -2.17. The average Bonchev–Trinajstić information content (AvgIpc) is 2.27. The van der Waals surface area contributed by atoms with Gasteiger partial charge in [0.05, 0.1) is 5.52 Å². The molecule has 0 bridgehead atoms. The molecule has 0 radical (unpaired) electrons. The summed E-state index contributed by atoms with van der Waals surface area (Å²) in [5.74, 6) is 0.806. The largest absolute Gasteiger partial charge is 0.359 e. The molecule has 2 aromatic rings. The summed E-state index contributed by atoms with van der Waals surface area (Å²) >= 11 is 11.9. The van der Waals surface area contributed by atoms with E-state index in [4.69, 9.17) is 23.2 Å². The van der Waals surface area contributed by atoms with Gasteiger partial charge in [0.25, 0.3) is 0 Å². The summed E-state index contributed by atoms with van der Waals surface area (Å²) in [4.78, 5) is 10.4. The van der Waals surface area contributed by atoms with Gasteiger partial charge in [0.15, 0.2) is 0 Å². The molecule has 3 nitrogen and oxygen atoms in total. The lowest BCUT2D eigenvalue weighted by molar-refractivity contribution is 0.940. The van der Waals surface area contributed by atoms with Crippen LogP contribution in [0.15, 0.2) is 18.2 Å². The summed E-state index contributed by atoms with van der Waals surface area (Å²) < 4.78 is 0. The molecule has 0 spiro atoms. The number of aromatic nitrogens is 2. The summed E-state index contributed by atoms with van der Waals surface area (Å²) in [6, 6.07) is 5.50. The van der Waals surface area contributed by atoms with Gasteiger partial charge in [0.2, 0.25) is 5.28 Å². The van der Waals surface area contributed by atoms with Gasteiger partial charge in [-0.05, 0) is 36.7 Å². The van der Waals surface area contributed by atoms with E-state index in [-0.39, 0.29) is 5.28 Å². The molecule has 0 aliphatic carbocycles. The van der Waals surface area contributed by atoms with Gasteiger partial charge in [0.1, 0.15) is 5.82 Å². The van der Waals surface area contributed by atoms with Crippen LogP contribution in [0.4, 0.5) is 5.82 Å². The van der Waals surface area contributed by atoms with Gasteiger partial charge in [-0.3, -0.25) is 0 Å². The monoisotopic (exact) mass is 255 g/mol. The van der Waals surface area contributed by atoms with E-state index in [0.717, 1.165) is 23.3 Å². The highest BCUT2D eigenvalue weighted by Gasteiger charge is 2.10. The number of benzene rings is 1. The molecule has 2 rings (SSSR count). The van der Waals surface area contributed by atoms with Crippen LogP contribution in [0.2, 0.25) is 10.3 Å². The number of fused-ring (bicyclic) bond motifs is 1. The Bertz CT molecular complexity index is 528. The lowest BCUT2D eigenvalue weighted by atomic mass is 10.2. The molecule has 1 aromatic carbocycles. The van der Waals surface area contributed by atoms with Crippen LogP contribution < -0.4 is 4.90 Å². The predicted molar refractivity (Wildman–Crippen MR) is 68.5 cm³/mol. The SMILES string of the molecule is CCN(C)c1nc(Cl)nc2ccc(Cl)cc12. The van der Waals surface area contributed by atoms with E-state index in [1.54, 1.807) is 6.07 Å². The second-order valence-electron chi connectivity index (χ2n) is 3.49. The predicted octanol–water partition coefficient (Wildman–Crippen LogP) is 3.39. The molecule has 16 heavy (non-hydrogen) atoms. The van der Waals surface area contributed by atoms with Gasteiger partial charge in [0, 0.05) is 24.0 Å². The van der Waals surface area contributed by atoms with E-state index in [0.29, 0.717) is 5.02 Å². The second kappa shape index (κ2) is 4.44. The van der Waals surface area contributed by atoms with E-state index in [1.165, 1.54) is 0 Å². The van der Waals surface area contributed by atoms with Gasteiger partial charge in [-0.1, -0.05) is 11.6 Å². The minimum atomic E-state index is 0.255. The van der Waals surface area contributed by atoms with Crippen LogP contribution in [-0.4, -0.2) is 23.6 Å². The Kier molecular flexibility index (Phi) is 3.17. The molecule has 0 amide bonds. The summed E-state index contributed by atoms with van der Waals surface area (Å²) in [6.45, 7) is 2.89. The zero-order chi connectivity index (χ0) is 11.7. The maximum atomic E-state index is 5.97. The Balaban J connectivity index is 2.74. The van der Waals surface area contributed by atoms with Crippen LogP contribution >= 0.6 is 23.2 Å². The molecule has 84 valence electrons. The van der Waals surface area contributed by atoms with Crippen molar-refractivity contribution in [2.24, 2.45) is 0 Å². The van der Waals surface area contributed by atoms with Crippen molar-refractivity contribution >= 4 is 39.9 Å². The summed E-state index contributed by atoms with van der Waals surface area (Å²) in [5, 5.41) is 1.84. The number of anilines is 1. The number of hydrogen-bond acceptors (Lipinski definition) is 3. The first-order valence-electron chi connectivity index (χ1n) is 4.95. The van der Waals surface area contributed by atoms with Crippen molar-refractivity contribution in [1.29, 1.82) is 0 Å². The van der Waals surface area contributed by atoms with E-state index < -0.39 is 0 Å². The number of rotatable bonds is 2.